The third-order valence-corrected chi connectivity index (χ3v) is 5.69. The van der Waals surface area contributed by atoms with Crippen LogP contribution in [0.4, 0.5) is 0 Å². The van der Waals surface area contributed by atoms with E-state index in [4.69, 9.17) is 10.8 Å². The van der Waals surface area contributed by atoms with Crippen molar-refractivity contribution in [3.8, 4) is 5.75 Å². The second kappa shape index (κ2) is 12.3. The number of rotatable bonds is 11. The monoisotopic (exact) mass is 478 g/mol. The quantitative estimate of drug-likeness (QED) is 0.242. The molecule has 1 aliphatic rings. The fourth-order valence-electron chi connectivity index (χ4n) is 3.91. The normalized spacial score (nSPS) is 18.3. The first-order valence-corrected chi connectivity index (χ1v) is 11.3. The average Bonchev–Trinajstić information content (AvgIpc) is 3.27. The maximum Gasteiger partial charge on any atom is 0.328 e. The van der Waals surface area contributed by atoms with Crippen LogP contribution in [0.15, 0.2) is 24.3 Å². The number of nitrogens with zero attached hydrogens (tertiary/aromatic N) is 1. The lowest BCUT2D eigenvalue weighted by molar-refractivity contribution is -0.145. The van der Waals surface area contributed by atoms with Crippen LogP contribution in [0.3, 0.4) is 0 Å². The van der Waals surface area contributed by atoms with E-state index in [9.17, 15) is 29.4 Å². The van der Waals surface area contributed by atoms with Gasteiger partial charge in [0.25, 0.3) is 0 Å². The van der Waals surface area contributed by atoms with Crippen LogP contribution in [0.1, 0.15) is 38.7 Å². The number of hydrogen-bond donors (Lipinski definition) is 6. The van der Waals surface area contributed by atoms with E-state index < -0.39 is 54.5 Å². The molecule has 0 bridgehead atoms. The van der Waals surface area contributed by atoms with Crippen LogP contribution in [0, 0.1) is 5.92 Å². The number of carboxylic acids is 1. The molecular formula is C23H34N4O7. The molecule has 0 aliphatic carbocycles. The number of hydrogen-bond acceptors (Lipinski definition) is 7. The zero-order chi connectivity index (χ0) is 25.4. The minimum Gasteiger partial charge on any atom is -0.508 e. The molecule has 3 amide bonds. The van der Waals surface area contributed by atoms with Crippen molar-refractivity contribution in [2.75, 3.05) is 13.2 Å². The van der Waals surface area contributed by atoms with Crippen molar-refractivity contribution in [3.05, 3.63) is 29.8 Å². The molecule has 7 N–H and O–H groups in total. The number of aliphatic carboxylic acids is 1. The third-order valence-electron chi connectivity index (χ3n) is 5.69. The lowest BCUT2D eigenvalue weighted by Crippen LogP contribution is -2.57. The van der Waals surface area contributed by atoms with Crippen molar-refractivity contribution >= 4 is 23.7 Å². The van der Waals surface area contributed by atoms with Crippen molar-refractivity contribution in [1.82, 2.24) is 15.5 Å². The van der Waals surface area contributed by atoms with Gasteiger partial charge in [0.15, 0.2) is 0 Å². The highest BCUT2D eigenvalue weighted by atomic mass is 16.4. The fraction of sp³-hybridized carbons (Fsp3) is 0.565. The van der Waals surface area contributed by atoms with E-state index in [-0.39, 0.29) is 24.6 Å². The molecular weight excluding hydrogens is 444 g/mol. The van der Waals surface area contributed by atoms with Crippen LogP contribution in [0.25, 0.3) is 0 Å². The van der Waals surface area contributed by atoms with Gasteiger partial charge < -0.3 is 36.6 Å². The molecule has 4 atom stereocenters. The van der Waals surface area contributed by atoms with Crippen LogP contribution in [0.2, 0.25) is 0 Å². The SMILES string of the molecule is CC(C)CC(NC(=O)C(N)Cc1ccc(O)cc1)C(=O)N1CCCC1C(=O)NC(CO)C(=O)O. The molecule has 4 unspecified atom stereocenters. The first-order chi connectivity index (χ1) is 16.0. The molecule has 0 spiro atoms. The van der Waals surface area contributed by atoms with Gasteiger partial charge >= 0.3 is 5.97 Å². The Morgan fingerprint density at radius 3 is 2.32 bits per heavy atom. The molecule has 34 heavy (non-hydrogen) atoms. The van der Waals surface area contributed by atoms with Gasteiger partial charge in [-0.3, -0.25) is 14.4 Å². The lowest BCUT2D eigenvalue weighted by Gasteiger charge is -2.30. The Morgan fingerprint density at radius 2 is 1.76 bits per heavy atom. The van der Waals surface area contributed by atoms with Gasteiger partial charge in [-0.05, 0) is 49.3 Å². The lowest BCUT2D eigenvalue weighted by atomic mass is 10.0. The zero-order valence-corrected chi connectivity index (χ0v) is 19.4. The second-order valence-electron chi connectivity index (χ2n) is 8.94. The molecule has 188 valence electrons. The summed E-state index contributed by atoms with van der Waals surface area (Å²) in [6.07, 6.45) is 1.43. The number of likely N-dealkylation sites (tertiary alicyclic amines) is 1. The Morgan fingerprint density at radius 1 is 1.12 bits per heavy atom. The predicted octanol–water partition coefficient (Wildman–Crippen LogP) is -0.654. The van der Waals surface area contributed by atoms with E-state index in [1.807, 2.05) is 13.8 Å². The van der Waals surface area contributed by atoms with Gasteiger partial charge in [-0.15, -0.1) is 0 Å². The summed E-state index contributed by atoms with van der Waals surface area (Å²) >= 11 is 0. The minimum atomic E-state index is -1.46. The van der Waals surface area contributed by atoms with Crippen LogP contribution in [0.5, 0.6) is 5.75 Å². The van der Waals surface area contributed by atoms with E-state index in [1.54, 1.807) is 12.1 Å². The molecule has 11 nitrogen and oxygen atoms in total. The van der Waals surface area contributed by atoms with Gasteiger partial charge in [-0.25, -0.2) is 4.79 Å². The largest absolute Gasteiger partial charge is 0.508 e. The van der Waals surface area contributed by atoms with E-state index >= 15 is 0 Å². The van der Waals surface area contributed by atoms with Crippen molar-refractivity contribution in [3.63, 3.8) is 0 Å². The number of phenols is 1. The average molecular weight is 479 g/mol. The molecule has 1 fully saturated rings. The van der Waals surface area contributed by atoms with Gasteiger partial charge in [0.05, 0.1) is 12.6 Å². The molecule has 11 heteroatoms. The standard InChI is InChI=1S/C23H34N4O7/c1-13(2)10-17(25-20(30)16(24)11-14-5-7-15(29)8-6-14)22(32)27-9-3-4-19(27)21(31)26-18(12-28)23(33)34/h5-8,13,16-19,28-29H,3-4,9-12,24H2,1-2H3,(H,25,30)(H,26,31)(H,33,34). The molecule has 0 saturated carbocycles. The van der Waals surface area contributed by atoms with Crippen molar-refractivity contribution in [2.24, 2.45) is 11.7 Å². The predicted molar refractivity (Wildman–Crippen MR) is 123 cm³/mol. The summed E-state index contributed by atoms with van der Waals surface area (Å²) in [6.45, 7) is 3.32. The minimum absolute atomic E-state index is 0.0585. The highest BCUT2D eigenvalue weighted by molar-refractivity contribution is 5.94. The van der Waals surface area contributed by atoms with Crippen molar-refractivity contribution in [1.29, 1.82) is 0 Å². The number of carbonyl (C=O) groups is 4. The topological polar surface area (TPSA) is 182 Å². The van der Waals surface area contributed by atoms with Gasteiger partial charge in [0.2, 0.25) is 17.7 Å². The molecule has 0 aromatic heterocycles. The number of aliphatic hydroxyl groups excluding tert-OH is 1. The number of amides is 3. The van der Waals surface area contributed by atoms with E-state index in [0.717, 1.165) is 5.56 Å². The van der Waals surface area contributed by atoms with E-state index in [2.05, 4.69) is 10.6 Å². The Labute approximate surface area is 198 Å². The first-order valence-electron chi connectivity index (χ1n) is 11.3. The third kappa shape index (κ3) is 7.42. The van der Waals surface area contributed by atoms with Crippen LogP contribution < -0.4 is 16.4 Å². The number of phenolic OH excluding ortho intramolecular Hbond substituents is 1. The van der Waals surface area contributed by atoms with Crippen molar-refractivity contribution in [2.45, 2.75) is 63.7 Å². The second-order valence-corrected chi connectivity index (χ2v) is 8.94. The Balaban J connectivity index is 2.09. The molecule has 1 aromatic rings. The molecule has 0 radical (unpaired) electrons. The summed E-state index contributed by atoms with van der Waals surface area (Å²) in [4.78, 5) is 51.2. The summed E-state index contributed by atoms with van der Waals surface area (Å²) in [6, 6.07) is 2.12. The number of carbonyl (C=O) groups excluding carboxylic acids is 3. The fourth-order valence-corrected chi connectivity index (χ4v) is 3.91. The number of nitrogens with two attached hydrogens (primary N) is 1. The van der Waals surface area contributed by atoms with Gasteiger partial charge in [0.1, 0.15) is 23.9 Å². The molecule has 1 aromatic carbocycles. The smallest absolute Gasteiger partial charge is 0.328 e. The number of nitrogens with one attached hydrogen (secondary N) is 2. The summed E-state index contributed by atoms with van der Waals surface area (Å²) in [5, 5.41) is 32.6. The molecule has 1 saturated heterocycles. The van der Waals surface area contributed by atoms with Crippen molar-refractivity contribution < 1.29 is 34.5 Å². The van der Waals surface area contributed by atoms with E-state index in [1.165, 1.54) is 17.0 Å². The first kappa shape index (κ1) is 27.1. The number of benzene rings is 1. The van der Waals surface area contributed by atoms with Gasteiger partial charge in [0, 0.05) is 6.54 Å². The molecule has 1 heterocycles. The van der Waals surface area contributed by atoms with E-state index in [0.29, 0.717) is 19.3 Å². The Hall–Kier alpha value is -3.18. The van der Waals surface area contributed by atoms with Crippen LogP contribution in [-0.2, 0) is 25.6 Å². The Kier molecular flexibility index (Phi) is 9.82. The maximum atomic E-state index is 13.3. The highest BCUT2D eigenvalue weighted by Gasteiger charge is 2.39. The molecule has 2 rings (SSSR count). The van der Waals surface area contributed by atoms with Gasteiger partial charge in [-0.1, -0.05) is 26.0 Å². The number of aliphatic hydroxyl groups is 1. The maximum absolute atomic E-state index is 13.3. The zero-order valence-electron chi connectivity index (χ0n) is 19.4. The highest BCUT2D eigenvalue weighted by Crippen LogP contribution is 2.21. The molecule has 1 aliphatic heterocycles. The van der Waals surface area contributed by atoms with Crippen LogP contribution in [-0.4, -0.2) is 81.2 Å². The summed E-state index contributed by atoms with van der Waals surface area (Å²) in [5.74, 6) is -2.83. The Bertz CT molecular complexity index is 875. The van der Waals surface area contributed by atoms with Gasteiger partial charge in [-0.2, -0.15) is 0 Å². The van der Waals surface area contributed by atoms with Crippen LogP contribution >= 0.6 is 0 Å². The summed E-state index contributed by atoms with van der Waals surface area (Å²) in [7, 11) is 0. The number of aromatic hydroxyl groups is 1. The summed E-state index contributed by atoms with van der Waals surface area (Å²) < 4.78 is 0. The summed E-state index contributed by atoms with van der Waals surface area (Å²) in [5.41, 5.74) is 6.80. The number of carboxylic acid groups (broad SMARTS) is 1.